The van der Waals surface area contributed by atoms with E-state index in [4.69, 9.17) is 9.47 Å². The van der Waals surface area contributed by atoms with Crippen LogP contribution < -0.4 is 0 Å². The van der Waals surface area contributed by atoms with Gasteiger partial charge in [0.1, 0.15) is 0 Å². The first-order chi connectivity index (χ1) is 8.76. The zero-order valence-electron chi connectivity index (χ0n) is 11.5. The molecule has 0 aromatic carbocycles. The molecule has 2 fully saturated rings. The number of carbonyl (C=O) groups is 1. The van der Waals surface area contributed by atoms with E-state index in [-0.39, 0.29) is 5.79 Å². The van der Waals surface area contributed by atoms with Gasteiger partial charge >= 0.3 is 0 Å². The molecule has 2 heterocycles. The van der Waals surface area contributed by atoms with Crippen LogP contribution in [0.4, 0.5) is 0 Å². The molecule has 4 heteroatoms. The van der Waals surface area contributed by atoms with E-state index in [1.54, 1.807) is 0 Å². The highest BCUT2D eigenvalue weighted by Gasteiger charge is 2.40. The van der Waals surface area contributed by atoms with Crippen molar-refractivity contribution in [2.75, 3.05) is 26.3 Å². The van der Waals surface area contributed by atoms with E-state index in [2.05, 4.69) is 6.92 Å². The maximum Gasteiger partial charge on any atom is 0.222 e. The molecule has 0 saturated carbocycles. The van der Waals surface area contributed by atoms with Crippen molar-refractivity contribution in [3.8, 4) is 0 Å². The Kier molecular flexibility index (Phi) is 5.01. The Hall–Kier alpha value is -0.610. The lowest BCUT2D eigenvalue weighted by Gasteiger charge is -2.37. The summed E-state index contributed by atoms with van der Waals surface area (Å²) in [6.45, 7) is 5.16. The largest absolute Gasteiger partial charge is 0.347 e. The minimum atomic E-state index is -0.362. The zero-order valence-corrected chi connectivity index (χ0v) is 11.5. The molecule has 0 N–H and O–H groups in total. The van der Waals surface area contributed by atoms with Crippen LogP contribution in [0.5, 0.6) is 0 Å². The van der Waals surface area contributed by atoms with Crippen molar-refractivity contribution < 1.29 is 14.3 Å². The Morgan fingerprint density at radius 2 is 1.78 bits per heavy atom. The topological polar surface area (TPSA) is 38.8 Å². The van der Waals surface area contributed by atoms with Crippen LogP contribution in [-0.4, -0.2) is 42.9 Å². The van der Waals surface area contributed by atoms with Gasteiger partial charge in [0.15, 0.2) is 5.79 Å². The fraction of sp³-hybridized carbons (Fsp3) is 0.929. The lowest BCUT2D eigenvalue weighted by Crippen LogP contribution is -2.47. The van der Waals surface area contributed by atoms with E-state index in [1.807, 2.05) is 4.90 Å². The number of likely N-dealkylation sites (tertiary alicyclic amines) is 1. The van der Waals surface area contributed by atoms with Crippen molar-refractivity contribution in [3.05, 3.63) is 0 Å². The van der Waals surface area contributed by atoms with Crippen molar-refractivity contribution >= 4 is 5.91 Å². The Morgan fingerprint density at radius 1 is 1.11 bits per heavy atom. The number of hydrogen-bond acceptors (Lipinski definition) is 3. The second kappa shape index (κ2) is 6.53. The molecule has 0 aromatic heterocycles. The summed E-state index contributed by atoms with van der Waals surface area (Å²) in [6.07, 6.45) is 7.01. The van der Waals surface area contributed by atoms with E-state index in [9.17, 15) is 4.79 Å². The highest BCUT2D eigenvalue weighted by Crippen LogP contribution is 2.31. The highest BCUT2D eigenvalue weighted by atomic mass is 16.7. The second-order valence-corrected chi connectivity index (χ2v) is 5.30. The summed E-state index contributed by atoms with van der Waals surface area (Å²) < 4.78 is 11.3. The number of hydrogen-bond donors (Lipinski definition) is 0. The molecule has 0 unspecified atom stereocenters. The number of rotatable bonds is 5. The average Bonchev–Trinajstić information content (AvgIpc) is 2.84. The van der Waals surface area contributed by atoms with E-state index in [0.717, 1.165) is 32.4 Å². The fourth-order valence-electron chi connectivity index (χ4n) is 2.74. The summed E-state index contributed by atoms with van der Waals surface area (Å²) in [5.41, 5.74) is 0. The summed E-state index contributed by atoms with van der Waals surface area (Å²) >= 11 is 0. The number of nitrogens with zero attached hydrogens (tertiary/aromatic N) is 1. The van der Waals surface area contributed by atoms with Crippen LogP contribution in [0.1, 0.15) is 51.9 Å². The van der Waals surface area contributed by atoms with Gasteiger partial charge in [0.25, 0.3) is 0 Å². The monoisotopic (exact) mass is 255 g/mol. The number of unbranched alkanes of at least 4 members (excludes halogenated alkanes) is 3. The normalized spacial score (nSPS) is 22.6. The summed E-state index contributed by atoms with van der Waals surface area (Å²) in [6, 6.07) is 0. The molecule has 18 heavy (non-hydrogen) atoms. The van der Waals surface area contributed by atoms with Gasteiger partial charge in [0, 0.05) is 32.4 Å². The number of ether oxygens (including phenoxy) is 2. The molecular weight excluding hydrogens is 230 g/mol. The van der Waals surface area contributed by atoms with Gasteiger partial charge in [-0.3, -0.25) is 4.79 Å². The van der Waals surface area contributed by atoms with Gasteiger partial charge in [-0.1, -0.05) is 26.2 Å². The average molecular weight is 255 g/mol. The molecule has 2 rings (SSSR count). The maximum absolute atomic E-state index is 12.0. The Labute approximate surface area is 110 Å². The molecule has 1 spiro atoms. The molecule has 0 bridgehead atoms. The van der Waals surface area contributed by atoms with Crippen LogP contribution >= 0.6 is 0 Å². The van der Waals surface area contributed by atoms with E-state index in [0.29, 0.717) is 25.5 Å². The second-order valence-electron chi connectivity index (χ2n) is 5.30. The Bertz CT molecular complexity index is 264. The molecule has 104 valence electrons. The molecule has 2 saturated heterocycles. The fourth-order valence-corrected chi connectivity index (χ4v) is 2.74. The van der Waals surface area contributed by atoms with Crippen LogP contribution in [0.15, 0.2) is 0 Å². The van der Waals surface area contributed by atoms with Gasteiger partial charge in [-0.2, -0.15) is 0 Å². The maximum atomic E-state index is 12.0. The van der Waals surface area contributed by atoms with Crippen LogP contribution in [0, 0.1) is 0 Å². The summed E-state index contributed by atoms with van der Waals surface area (Å²) in [7, 11) is 0. The van der Waals surface area contributed by atoms with Crippen LogP contribution in [-0.2, 0) is 14.3 Å². The van der Waals surface area contributed by atoms with Crippen molar-refractivity contribution in [2.45, 2.75) is 57.7 Å². The molecule has 4 nitrogen and oxygen atoms in total. The van der Waals surface area contributed by atoms with Crippen molar-refractivity contribution in [1.82, 2.24) is 4.90 Å². The van der Waals surface area contributed by atoms with E-state index < -0.39 is 0 Å². The lowest BCUT2D eigenvalue weighted by atomic mass is 10.0. The van der Waals surface area contributed by atoms with Gasteiger partial charge in [-0.05, 0) is 6.42 Å². The highest BCUT2D eigenvalue weighted by molar-refractivity contribution is 5.76. The number of amides is 1. The smallest absolute Gasteiger partial charge is 0.222 e. The molecule has 0 aromatic rings. The molecule has 0 radical (unpaired) electrons. The predicted octanol–water partition coefficient (Wildman–Crippen LogP) is 2.32. The van der Waals surface area contributed by atoms with Crippen LogP contribution in [0.3, 0.4) is 0 Å². The van der Waals surface area contributed by atoms with Gasteiger partial charge in [0.2, 0.25) is 5.91 Å². The van der Waals surface area contributed by atoms with Gasteiger partial charge in [-0.15, -0.1) is 0 Å². The standard InChI is InChI=1S/C14H25NO3/c1-2-3-4-5-6-13(16)15-9-7-14(8-10-15)17-11-12-18-14/h2-12H2,1H3. The minimum absolute atomic E-state index is 0.305. The van der Waals surface area contributed by atoms with Crippen molar-refractivity contribution in [3.63, 3.8) is 0 Å². The van der Waals surface area contributed by atoms with Gasteiger partial charge < -0.3 is 14.4 Å². The van der Waals surface area contributed by atoms with Crippen LogP contribution in [0.25, 0.3) is 0 Å². The third-order valence-electron chi connectivity index (χ3n) is 3.94. The minimum Gasteiger partial charge on any atom is -0.347 e. The lowest BCUT2D eigenvalue weighted by molar-refractivity contribution is -0.187. The Morgan fingerprint density at radius 3 is 2.39 bits per heavy atom. The van der Waals surface area contributed by atoms with E-state index >= 15 is 0 Å². The third kappa shape index (κ3) is 3.45. The van der Waals surface area contributed by atoms with Crippen molar-refractivity contribution in [1.29, 1.82) is 0 Å². The van der Waals surface area contributed by atoms with Crippen LogP contribution in [0.2, 0.25) is 0 Å². The van der Waals surface area contributed by atoms with Crippen molar-refractivity contribution in [2.24, 2.45) is 0 Å². The summed E-state index contributed by atoms with van der Waals surface area (Å²) in [5.74, 6) is -0.0575. The molecule has 2 aliphatic rings. The predicted molar refractivity (Wildman–Crippen MR) is 69.2 cm³/mol. The van der Waals surface area contributed by atoms with Gasteiger partial charge in [-0.25, -0.2) is 0 Å². The number of carbonyl (C=O) groups excluding carboxylic acids is 1. The first-order valence-corrected chi connectivity index (χ1v) is 7.31. The molecule has 0 aliphatic carbocycles. The summed E-state index contributed by atoms with van der Waals surface area (Å²) in [5, 5.41) is 0. The Balaban J connectivity index is 1.67. The quantitative estimate of drug-likeness (QED) is 0.708. The van der Waals surface area contributed by atoms with Gasteiger partial charge in [0.05, 0.1) is 13.2 Å². The molecular formula is C14H25NO3. The molecule has 1 amide bonds. The first-order valence-electron chi connectivity index (χ1n) is 7.31. The molecule has 0 atom stereocenters. The zero-order chi connectivity index (χ0) is 12.8. The third-order valence-corrected chi connectivity index (χ3v) is 3.94. The number of piperidine rings is 1. The summed E-state index contributed by atoms with van der Waals surface area (Å²) in [4.78, 5) is 14.0. The first kappa shape index (κ1) is 13.8. The SMILES string of the molecule is CCCCCCC(=O)N1CCC2(CC1)OCCO2. The molecule has 2 aliphatic heterocycles. The van der Waals surface area contributed by atoms with E-state index in [1.165, 1.54) is 19.3 Å².